The second-order valence-electron chi connectivity index (χ2n) is 7.54. The lowest BCUT2D eigenvalue weighted by atomic mass is 10.2. The Bertz CT molecular complexity index is 1350. The van der Waals surface area contributed by atoms with Gasteiger partial charge in [0.2, 0.25) is 5.95 Å². The van der Waals surface area contributed by atoms with Crippen LogP contribution in [0.25, 0.3) is 0 Å². The van der Waals surface area contributed by atoms with Crippen molar-refractivity contribution in [3.63, 3.8) is 0 Å². The average molecular weight is 460 g/mol. The van der Waals surface area contributed by atoms with Crippen molar-refractivity contribution < 1.29 is 9.47 Å². The number of rotatable bonds is 9. The van der Waals surface area contributed by atoms with Crippen LogP contribution < -0.4 is 26.2 Å². The van der Waals surface area contributed by atoms with E-state index in [1.165, 1.54) is 4.57 Å². The monoisotopic (exact) mass is 459 g/mol. The van der Waals surface area contributed by atoms with Crippen molar-refractivity contribution in [2.75, 3.05) is 19.5 Å². The molecule has 0 amide bonds. The van der Waals surface area contributed by atoms with Crippen molar-refractivity contribution in [2.45, 2.75) is 19.6 Å². The number of aromatic nitrogens is 4. The van der Waals surface area contributed by atoms with Crippen molar-refractivity contribution in [3.05, 3.63) is 111 Å². The summed E-state index contributed by atoms with van der Waals surface area (Å²) in [4.78, 5) is 34.8. The zero-order valence-electron chi connectivity index (χ0n) is 19.0. The van der Waals surface area contributed by atoms with Crippen molar-refractivity contribution >= 4 is 5.95 Å². The second-order valence-corrected chi connectivity index (χ2v) is 7.54. The Kier molecular flexibility index (Phi) is 7.02. The van der Waals surface area contributed by atoms with E-state index in [0.717, 1.165) is 21.4 Å². The molecule has 0 saturated heterocycles. The largest absolute Gasteiger partial charge is 0.497 e. The fraction of sp³-hybridized carbons (Fsp3) is 0.200. The van der Waals surface area contributed by atoms with Crippen LogP contribution in [-0.2, 0) is 19.6 Å². The number of hydrogen-bond acceptors (Lipinski definition) is 7. The summed E-state index contributed by atoms with van der Waals surface area (Å²) in [7, 11) is 3.18. The van der Waals surface area contributed by atoms with Crippen LogP contribution in [0.3, 0.4) is 0 Å². The first-order valence-corrected chi connectivity index (χ1v) is 10.7. The van der Waals surface area contributed by atoms with Gasteiger partial charge in [-0.3, -0.25) is 9.55 Å². The number of nitrogens with one attached hydrogen (secondary N) is 1. The van der Waals surface area contributed by atoms with Gasteiger partial charge >= 0.3 is 11.4 Å². The van der Waals surface area contributed by atoms with Crippen molar-refractivity contribution in [1.29, 1.82) is 0 Å². The summed E-state index contributed by atoms with van der Waals surface area (Å²) in [6.45, 7) is 0.638. The quantitative estimate of drug-likeness (QED) is 0.411. The van der Waals surface area contributed by atoms with Crippen LogP contribution >= 0.6 is 0 Å². The molecule has 4 rings (SSSR count). The highest BCUT2D eigenvalue weighted by atomic mass is 16.5. The molecule has 2 aromatic carbocycles. The van der Waals surface area contributed by atoms with Crippen LogP contribution in [0, 0.1) is 0 Å². The lowest BCUT2D eigenvalue weighted by molar-refractivity contribution is 0.414. The first-order valence-electron chi connectivity index (χ1n) is 10.7. The van der Waals surface area contributed by atoms with E-state index in [9.17, 15) is 9.59 Å². The number of benzene rings is 2. The molecular formula is C25H25N5O4. The Morgan fingerprint density at radius 1 is 0.794 bits per heavy atom. The van der Waals surface area contributed by atoms with Crippen LogP contribution in [-0.4, -0.2) is 33.3 Å². The molecule has 9 heteroatoms. The number of pyridine rings is 1. The van der Waals surface area contributed by atoms with Gasteiger partial charge in [0.05, 0.1) is 39.5 Å². The Labute approximate surface area is 196 Å². The smallest absolute Gasteiger partial charge is 0.355 e. The molecule has 0 saturated carbocycles. The summed E-state index contributed by atoms with van der Waals surface area (Å²) in [6.07, 6.45) is 1.68. The molecule has 0 atom stereocenters. The highest BCUT2D eigenvalue weighted by Gasteiger charge is 2.14. The van der Waals surface area contributed by atoms with Gasteiger partial charge in [-0.2, -0.15) is 4.98 Å². The Morgan fingerprint density at radius 3 is 1.91 bits per heavy atom. The van der Waals surface area contributed by atoms with E-state index < -0.39 is 11.4 Å². The average Bonchev–Trinajstić information content (AvgIpc) is 2.88. The number of hydrogen-bond donors (Lipinski definition) is 1. The first kappa shape index (κ1) is 22.8. The second kappa shape index (κ2) is 10.5. The van der Waals surface area contributed by atoms with Gasteiger partial charge in [-0.05, 0) is 47.5 Å². The van der Waals surface area contributed by atoms with Gasteiger partial charge < -0.3 is 14.8 Å². The minimum Gasteiger partial charge on any atom is -0.497 e. The third-order valence-electron chi connectivity index (χ3n) is 5.30. The Hall–Kier alpha value is -4.40. The van der Waals surface area contributed by atoms with Gasteiger partial charge in [0, 0.05) is 6.20 Å². The van der Waals surface area contributed by atoms with E-state index in [4.69, 9.17) is 9.47 Å². The van der Waals surface area contributed by atoms with Gasteiger partial charge in [0.25, 0.3) is 0 Å². The SMILES string of the molecule is COc1ccc(Cn2c(NCc3ccccn3)nc(=O)n(Cc3ccc(OC)cc3)c2=O)cc1. The van der Waals surface area contributed by atoms with E-state index in [1.54, 1.807) is 32.5 Å². The minimum absolute atomic E-state index is 0.0950. The summed E-state index contributed by atoms with van der Waals surface area (Å²) in [5.41, 5.74) is 1.31. The van der Waals surface area contributed by atoms with Crippen molar-refractivity contribution in [2.24, 2.45) is 0 Å². The summed E-state index contributed by atoms with van der Waals surface area (Å²) in [5, 5.41) is 3.09. The molecule has 0 aliphatic rings. The zero-order chi connectivity index (χ0) is 23.9. The molecule has 0 aliphatic carbocycles. The molecule has 34 heavy (non-hydrogen) atoms. The predicted octanol–water partition coefficient (Wildman–Crippen LogP) is 2.53. The molecule has 0 bridgehead atoms. The van der Waals surface area contributed by atoms with Gasteiger partial charge in [-0.1, -0.05) is 30.3 Å². The topological polar surface area (TPSA) is 100 Å². The molecule has 4 aromatic rings. The maximum atomic E-state index is 13.5. The van der Waals surface area contributed by atoms with Crippen molar-refractivity contribution in [3.8, 4) is 11.5 Å². The van der Waals surface area contributed by atoms with E-state index in [2.05, 4.69) is 15.3 Å². The van der Waals surface area contributed by atoms with E-state index >= 15 is 0 Å². The maximum absolute atomic E-state index is 13.5. The molecule has 174 valence electrons. The molecular weight excluding hydrogens is 434 g/mol. The van der Waals surface area contributed by atoms with E-state index in [0.29, 0.717) is 18.0 Å². The maximum Gasteiger partial charge on any atom is 0.355 e. The van der Waals surface area contributed by atoms with Gasteiger partial charge in [-0.15, -0.1) is 0 Å². The molecule has 0 fully saturated rings. The summed E-state index contributed by atoms with van der Waals surface area (Å²) in [5.74, 6) is 1.59. The van der Waals surface area contributed by atoms with Gasteiger partial charge in [-0.25, -0.2) is 14.2 Å². The normalized spacial score (nSPS) is 10.6. The molecule has 2 aromatic heterocycles. The fourth-order valence-corrected chi connectivity index (χ4v) is 3.44. The zero-order valence-corrected chi connectivity index (χ0v) is 19.0. The lowest BCUT2D eigenvalue weighted by Gasteiger charge is -2.16. The Balaban J connectivity index is 1.70. The third kappa shape index (κ3) is 5.32. The molecule has 9 nitrogen and oxygen atoms in total. The predicted molar refractivity (Wildman–Crippen MR) is 129 cm³/mol. The molecule has 0 aliphatic heterocycles. The minimum atomic E-state index is -0.629. The number of anilines is 1. The number of methoxy groups -OCH3 is 2. The van der Waals surface area contributed by atoms with Crippen molar-refractivity contribution in [1.82, 2.24) is 19.1 Å². The van der Waals surface area contributed by atoms with Crippen LogP contribution in [0.1, 0.15) is 16.8 Å². The third-order valence-corrected chi connectivity index (χ3v) is 5.30. The van der Waals surface area contributed by atoms with E-state index in [1.807, 2.05) is 54.6 Å². The fourth-order valence-electron chi connectivity index (χ4n) is 3.44. The lowest BCUT2D eigenvalue weighted by Crippen LogP contribution is -2.43. The molecule has 0 unspecified atom stereocenters. The standard InChI is InChI=1S/C25H25N5O4/c1-33-21-10-6-18(7-11-21)16-29-23(27-15-20-5-3-4-14-26-20)28-24(31)30(25(29)32)17-19-8-12-22(34-2)13-9-19/h3-14H,15-17H2,1-2H3,(H,27,28,31). The molecule has 0 spiro atoms. The van der Waals surface area contributed by atoms with Gasteiger partial charge in [0.15, 0.2) is 0 Å². The Morgan fingerprint density at radius 2 is 1.38 bits per heavy atom. The molecule has 1 N–H and O–H groups in total. The van der Waals surface area contributed by atoms with Crippen LogP contribution in [0.15, 0.2) is 82.5 Å². The first-order chi connectivity index (χ1) is 16.6. The highest BCUT2D eigenvalue weighted by Crippen LogP contribution is 2.14. The van der Waals surface area contributed by atoms with E-state index in [-0.39, 0.29) is 19.0 Å². The van der Waals surface area contributed by atoms with Crippen LogP contribution in [0.5, 0.6) is 11.5 Å². The number of nitrogens with zero attached hydrogens (tertiary/aromatic N) is 4. The molecule has 2 heterocycles. The van der Waals surface area contributed by atoms with Crippen LogP contribution in [0.4, 0.5) is 5.95 Å². The van der Waals surface area contributed by atoms with Gasteiger partial charge in [0.1, 0.15) is 11.5 Å². The summed E-state index contributed by atoms with van der Waals surface area (Å²) in [6, 6.07) is 20.1. The summed E-state index contributed by atoms with van der Waals surface area (Å²) < 4.78 is 13.0. The van der Waals surface area contributed by atoms with Crippen LogP contribution in [0.2, 0.25) is 0 Å². The number of ether oxygens (including phenoxy) is 2. The highest BCUT2D eigenvalue weighted by molar-refractivity contribution is 5.31. The molecule has 0 radical (unpaired) electrons. The summed E-state index contributed by atoms with van der Waals surface area (Å²) >= 11 is 0.